The second-order valence-electron chi connectivity index (χ2n) is 6.25. The van der Waals surface area contributed by atoms with E-state index >= 15 is 0 Å². The van der Waals surface area contributed by atoms with Gasteiger partial charge in [0.25, 0.3) is 0 Å². The highest BCUT2D eigenvalue weighted by Gasteiger charge is 2.33. The molecule has 0 bridgehead atoms. The average Bonchev–Trinajstić information content (AvgIpc) is 3.05. The predicted molar refractivity (Wildman–Crippen MR) is 102 cm³/mol. The smallest absolute Gasteiger partial charge is 0.223 e. The van der Waals surface area contributed by atoms with Crippen molar-refractivity contribution in [2.75, 3.05) is 26.0 Å². The predicted octanol–water partition coefficient (Wildman–Crippen LogP) is 3.13. The Hall–Kier alpha value is -1.98. The molecule has 2 N–H and O–H groups in total. The molecule has 0 spiro atoms. The van der Waals surface area contributed by atoms with Crippen molar-refractivity contribution in [2.24, 2.45) is 5.73 Å². The van der Waals surface area contributed by atoms with Crippen molar-refractivity contribution in [3.8, 4) is 5.75 Å². The second kappa shape index (κ2) is 8.41. The molecule has 5 heteroatoms. The Kier molecular flexibility index (Phi) is 6.00. The number of rotatable bonds is 6. The van der Waals surface area contributed by atoms with E-state index in [2.05, 4.69) is 12.1 Å². The Morgan fingerprint density at radius 2 is 1.88 bits per heavy atom. The van der Waals surface area contributed by atoms with Crippen molar-refractivity contribution >= 4 is 17.7 Å². The molecule has 25 heavy (non-hydrogen) atoms. The van der Waals surface area contributed by atoms with Gasteiger partial charge in [0.15, 0.2) is 0 Å². The lowest BCUT2D eigenvalue weighted by Crippen LogP contribution is -2.32. The minimum absolute atomic E-state index is 0.0144. The maximum Gasteiger partial charge on any atom is 0.223 e. The number of nitrogens with zero attached hydrogens (tertiary/aromatic N) is 1. The molecule has 132 valence electrons. The van der Waals surface area contributed by atoms with E-state index in [4.69, 9.17) is 10.5 Å². The van der Waals surface area contributed by atoms with E-state index in [0.29, 0.717) is 13.0 Å². The highest BCUT2D eigenvalue weighted by molar-refractivity contribution is 7.99. The first-order valence-electron chi connectivity index (χ1n) is 8.52. The lowest BCUT2D eigenvalue weighted by atomic mass is 9.95. The maximum atomic E-state index is 12.5. The molecule has 1 aliphatic heterocycles. The van der Waals surface area contributed by atoms with Gasteiger partial charge in [-0.15, -0.1) is 11.8 Å². The standard InChI is InChI=1S/C20H24N2O2S/c1-24-16-7-9-17(10-8-16)25-12-11-20(23)22-13-18(19(21)14-22)15-5-3-2-4-6-15/h2-10,18-19H,11-14,21H2,1H3/t18-,19+/m0/s1. The lowest BCUT2D eigenvalue weighted by Gasteiger charge is -2.16. The van der Waals surface area contributed by atoms with Crippen molar-refractivity contribution in [1.29, 1.82) is 0 Å². The normalized spacial score (nSPS) is 19.8. The van der Waals surface area contributed by atoms with Gasteiger partial charge < -0.3 is 15.4 Å². The van der Waals surface area contributed by atoms with Crippen LogP contribution >= 0.6 is 11.8 Å². The average molecular weight is 356 g/mol. The van der Waals surface area contributed by atoms with Crippen molar-refractivity contribution in [3.05, 3.63) is 60.2 Å². The van der Waals surface area contributed by atoms with Crippen LogP contribution in [-0.2, 0) is 4.79 Å². The summed E-state index contributed by atoms with van der Waals surface area (Å²) in [6, 6.07) is 18.2. The zero-order valence-corrected chi connectivity index (χ0v) is 15.2. The Morgan fingerprint density at radius 1 is 1.16 bits per heavy atom. The summed E-state index contributed by atoms with van der Waals surface area (Å²) in [5, 5.41) is 0. The van der Waals surface area contributed by atoms with Crippen LogP contribution in [0.1, 0.15) is 17.9 Å². The monoisotopic (exact) mass is 356 g/mol. The van der Waals surface area contributed by atoms with Crippen LogP contribution in [0.25, 0.3) is 0 Å². The molecule has 0 unspecified atom stereocenters. The van der Waals surface area contributed by atoms with Crippen molar-refractivity contribution in [3.63, 3.8) is 0 Å². The number of methoxy groups -OCH3 is 1. The fourth-order valence-electron chi connectivity index (χ4n) is 3.17. The Labute approximate surface area is 153 Å². The molecule has 1 amide bonds. The van der Waals surface area contributed by atoms with Gasteiger partial charge in [0.05, 0.1) is 7.11 Å². The topological polar surface area (TPSA) is 55.6 Å². The Bertz CT molecular complexity index is 691. The number of hydrogen-bond acceptors (Lipinski definition) is 4. The van der Waals surface area contributed by atoms with Gasteiger partial charge >= 0.3 is 0 Å². The van der Waals surface area contributed by atoms with Gasteiger partial charge in [0.2, 0.25) is 5.91 Å². The number of ether oxygens (including phenoxy) is 1. The molecule has 1 fully saturated rings. The van der Waals surface area contributed by atoms with Crippen LogP contribution in [0, 0.1) is 0 Å². The van der Waals surface area contributed by atoms with Gasteiger partial charge in [-0.3, -0.25) is 4.79 Å². The van der Waals surface area contributed by atoms with Gasteiger partial charge in [-0.05, 0) is 29.8 Å². The third-order valence-corrected chi connectivity index (χ3v) is 5.60. The molecular weight excluding hydrogens is 332 g/mol. The highest BCUT2D eigenvalue weighted by Crippen LogP contribution is 2.27. The van der Waals surface area contributed by atoms with Crippen LogP contribution in [0.3, 0.4) is 0 Å². The second-order valence-corrected chi connectivity index (χ2v) is 7.42. The summed E-state index contributed by atoms with van der Waals surface area (Å²) in [7, 11) is 1.66. The summed E-state index contributed by atoms with van der Waals surface area (Å²) in [6.45, 7) is 1.36. The molecule has 0 aromatic heterocycles. The van der Waals surface area contributed by atoms with Crippen LogP contribution in [-0.4, -0.2) is 42.8 Å². The molecule has 0 radical (unpaired) electrons. The zero-order valence-electron chi connectivity index (χ0n) is 14.4. The summed E-state index contributed by atoms with van der Waals surface area (Å²) in [4.78, 5) is 15.6. The minimum atomic E-state index is 0.0144. The molecule has 2 atom stereocenters. The first kappa shape index (κ1) is 17.8. The van der Waals surface area contributed by atoms with E-state index < -0.39 is 0 Å². The van der Waals surface area contributed by atoms with Crippen molar-refractivity contribution in [2.45, 2.75) is 23.3 Å². The first-order chi connectivity index (χ1) is 12.2. The number of carbonyl (C=O) groups excluding carboxylic acids is 1. The van der Waals surface area contributed by atoms with Gasteiger partial charge in [0, 0.05) is 42.1 Å². The molecular formula is C20H24N2O2S. The van der Waals surface area contributed by atoms with Gasteiger partial charge in [-0.1, -0.05) is 30.3 Å². The first-order valence-corrected chi connectivity index (χ1v) is 9.51. The lowest BCUT2D eigenvalue weighted by molar-refractivity contribution is -0.129. The quantitative estimate of drug-likeness (QED) is 0.808. The third kappa shape index (κ3) is 4.55. The summed E-state index contributed by atoms with van der Waals surface area (Å²) < 4.78 is 5.15. The van der Waals surface area contributed by atoms with Crippen LogP contribution < -0.4 is 10.5 Å². The fraction of sp³-hybridized carbons (Fsp3) is 0.350. The van der Waals surface area contributed by atoms with E-state index in [0.717, 1.165) is 22.9 Å². The third-order valence-electron chi connectivity index (χ3n) is 4.59. The van der Waals surface area contributed by atoms with Crippen LogP contribution in [0.15, 0.2) is 59.5 Å². The van der Waals surface area contributed by atoms with E-state index in [9.17, 15) is 4.79 Å². The molecule has 0 saturated carbocycles. The van der Waals surface area contributed by atoms with Crippen LogP contribution in [0.4, 0.5) is 0 Å². The number of carbonyl (C=O) groups is 1. The number of likely N-dealkylation sites (tertiary alicyclic amines) is 1. The maximum absolute atomic E-state index is 12.5. The highest BCUT2D eigenvalue weighted by atomic mass is 32.2. The van der Waals surface area contributed by atoms with Gasteiger partial charge in [-0.2, -0.15) is 0 Å². The molecule has 2 aromatic rings. The van der Waals surface area contributed by atoms with Gasteiger partial charge in [-0.25, -0.2) is 0 Å². The molecule has 4 nitrogen and oxygen atoms in total. The van der Waals surface area contributed by atoms with E-state index in [-0.39, 0.29) is 17.9 Å². The van der Waals surface area contributed by atoms with Gasteiger partial charge in [0.1, 0.15) is 5.75 Å². The summed E-state index contributed by atoms with van der Waals surface area (Å²) in [5.41, 5.74) is 7.50. The summed E-state index contributed by atoms with van der Waals surface area (Å²) >= 11 is 1.69. The summed E-state index contributed by atoms with van der Waals surface area (Å²) in [6.07, 6.45) is 0.533. The van der Waals surface area contributed by atoms with Crippen LogP contribution in [0.2, 0.25) is 0 Å². The van der Waals surface area contributed by atoms with E-state index in [1.54, 1.807) is 18.9 Å². The Morgan fingerprint density at radius 3 is 2.56 bits per heavy atom. The molecule has 1 saturated heterocycles. The molecule has 0 aliphatic carbocycles. The molecule has 1 aliphatic rings. The van der Waals surface area contributed by atoms with E-state index in [1.807, 2.05) is 47.4 Å². The number of amides is 1. The molecule has 3 rings (SSSR count). The largest absolute Gasteiger partial charge is 0.497 e. The SMILES string of the molecule is COc1ccc(SCCC(=O)N2C[C@@H](N)[C@H](c3ccccc3)C2)cc1. The molecule has 1 heterocycles. The van der Waals surface area contributed by atoms with Crippen LogP contribution in [0.5, 0.6) is 5.75 Å². The zero-order chi connectivity index (χ0) is 17.6. The molecule has 2 aromatic carbocycles. The van der Waals surface area contributed by atoms with Crippen molar-refractivity contribution < 1.29 is 9.53 Å². The number of benzene rings is 2. The summed E-state index contributed by atoms with van der Waals surface area (Å²) in [5.74, 6) is 2.04. The van der Waals surface area contributed by atoms with E-state index in [1.165, 1.54) is 5.56 Å². The minimum Gasteiger partial charge on any atom is -0.497 e. The number of nitrogens with two attached hydrogens (primary N) is 1. The van der Waals surface area contributed by atoms with Crippen molar-refractivity contribution in [1.82, 2.24) is 4.90 Å². The fourth-order valence-corrected chi connectivity index (χ4v) is 4.01. The Balaban J connectivity index is 1.48. The number of thioether (sulfide) groups is 1. The number of hydrogen-bond donors (Lipinski definition) is 1.